The highest BCUT2D eigenvalue weighted by molar-refractivity contribution is 7.89. The lowest BCUT2D eigenvalue weighted by Gasteiger charge is -2.17. The Balaban J connectivity index is 2.32. The van der Waals surface area contributed by atoms with Crippen molar-refractivity contribution >= 4 is 10.0 Å². The highest BCUT2D eigenvalue weighted by Crippen LogP contribution is 2.37. The van der Waals surface area contributed by atoms with E-state index in [0.29, 0.717) is 12.8 Å². The molecule has 0 spiro atoms. The van der Waals surface area contributed by atoms with Crippen LogP contribution in [0.4, 0.5) is 13.2 Å². The number of alkyl halides is 3. The molecule has 0 saturated heterocycles. The smallest absolute Gasteiger partial charge is 0.404 e. The summed E-state index contributed by atoms with van der Waals surface area (Å²) in [6, 6.07) is 4.45. The van der Waals surface area contributed by atoms with Crippen molar-refractivity contribution in [2.75, 3.05) is 6.61 Å². The van der Waals surface area contributed by atoms with Gasteiger partial charge in [-0.2, -0.15) is 0 Å². The predicted molar refractivity (Wildman–Crippen MR) is 62.5 cm³/mol. The molecule has 1 fully saturated rings. The molecule has 112 valence electrons. The third kappa shape index (κ3) is 3.41. The fraction of sp³-hybridized carbons (Fsp3) is 0.455. The van der Waals surface area contributed by atoms with Crippen molar-refractivity contribution in [3.63, 3.8) is 0 Å². The zero-order valence-electron chi connectivity index (χ0n) is 10.1. The zero-order chi connectivity index (χ0) is 15.0. The summed E-state index contributed by atoms with van der Waals surface area (Å²) < 4.78 is 66.8. The van der Waals surface area contributed by atoms with Crippen molar-refractivity contribution in [3.8, 4) is 5.75 Å². The first-order valence-corrected chi connectivity index (χ1v) is 7.15. The Labute approximate surface area is 113 Å². The predicted octanol–water partition coefficient (Wildman–Crippen LogP) is 1.39. The van der Waals surface area contributed by atoms with Gasteiger partial charge in [0, 0.05) is 0 Å². The van der Waals surface area contributed by atoms with Gasteiger partial charge < -0.3 is 9.84 Å². The Kier molecular flexibility index (Phi) is 3.69. The summed E-state index contributed by atoms with van der Waals surface area (Å²) in [4.78, 5) is -0.614. The molecule has 9 heteroatoms. The van der Waals surface area contributed by atoms with Crippen LogP contribution in [0.15, 0.2) is 29.2 Å². The molecular weight excluding hydrogens is 299 g/mol. The van der Waals surface area contributed by atoms with E-state index in [9.17, 15) is 21.6 Å². The van der Waals surface area contributed by atoms with E-state index in [2.05, 4.69) is 9.46 Å². The first-order valence-electron chi connectivity index (χ1n) is 5.67. The van der Waals surface area contributed by atoms with Crippen LogP contribution >= 0.6 is 0 Å². The van der Waals surface area contributed by atoms with Gasteiger partial charge in [0.15, 0.2) is 0 Å². The fourth-order valence-electron chi connectivity index (χ4n) is 1.66. The molecule has 2 rings (SSSR count). The Morgan fingerprint density at radius 1 is 1.30 bits per heavy atom. The number of nitrogens with one attached hydrogen (secondary N) is 1. The van der Waals surface area contributed by atoms with Crippen LogP contribution in [0.2, 0.25) is 0 Å². The second kappa shape index (κ2) is 4.90. The SMILES string of the molecule is O=S(=O)(NC1(CO)CC1)c1ccccc1OC(F)(F)F. The molecular formula is C11H12F3NO4S. The minimum atomic E-state index is -4.99. The number of rotatable bonds is 5. The lowest BCUT2D eigenvalue weighted by atomic mass is 10.3. The highest BCUT2D eigenvalue weighted by atomic mass is 32.2. The van der Waals surface area contributed by atoms with Crippen LogP contribution < -0.4 is 9.46 Å². The monoisotopic (exact) mass is 311 g/mol. The van der Waals surface area contributed by atoms with E-state index in [-0.39, 0.29) is 0 Å². The summed E-state index contributed by atoms with van der Waals surface area (Å²) in [7, 11) is -4.21. The Morgan fingerprint density at radius 2 is 1.90 bits per heavy atom. The fourth-order valence-corrected chi connectivity index (χ4v) is 3.25. The van der Waals surface area contributed by atoms with Crippen LogP contribution in [0.1, 0.15) is 12.8 Å². The van der Waals surface area contributed by atoms with Gasteiger partial charge in [-0.3, -0.25) is 0 Å². The van der Waals surface area contributed by atoms with Gasteiger partial charge in [-0.15, -0.1) is 13.2 Å². The van der Waals surface area contributed by atoms with Crippen molar-refractivity contribution in [2.45, 2.75) is 29.6 Å². The van der Waals surface area contributed by atoms with E-state index >= 15 is 0 Å². The molecule has 2 N–H and O–H groups in total. The van der Waals surface area contributed by atoms with Gasteiger partial charge in [0.2, 0.25) is 10.0 Å². The van der Waals surface area contributed by atoms with Crippen molar-refractivity contribution in [1.29, 1.82) is 0 Å². The van der Waals surface area contributed by atoms with Crippen LogP contribution in [-0.4, -0.2) is 32.0 Å². The molecule has 0 atom stereocenters. The van der Waals surface area contributed by atoms with Crippen LogP contribution in [0.5, 0.6) is 5.75 Å². The molecule has 0 unspecified atom stereocenters. The standard InChI is InChI=1S/C11H12F3NO4S/c12-11(13,14)19-8-3-1-2-4-9(8)20(17,18)15-10(7-16)5-6-10/h1-4,15-16H,5-7H2. The Morgan fingerprint density at radius 3 is 2.40 bits per heavy atom. The highest BCUT2D eigenvalue weighted by Gasteiger charge is 2.46. The molecule has 0 aliphatic heterocycles. The van der Waals surface area contributed by atoms with E-state index in [1.54, 1.807) is 0 Å². The van der Waals surface area contributed by atoms with E-state index in [0.717, 1.165) is 12.1 Å². The average Bonchev–Trinajstić information content (AvgIpc) is 3.07. The molecule has 1 saturated carbocycles. The van der Waals surface area contributed by atoms with E-state index in [1.165, 1.54) is 12.1 Å². The number of aliphatic hydroxyl groups excluding tert-OH is 1. The molecule has 0 bridgehead atoms. The molecule has 1 aromatic carbocycles. The van der Waals surface area contributed by atoms with E-state index < -0.39 is 39.2 Å². The van der Waals surface area contributed by atoms with Gasteiger partial charge in [-0.25, -0.2) is 13.1 Å². The zero-order valence-corrected chi connectivity index (χ0v) is 11.0. The quantitative estimate of drug-likeness (QED) is 0.861. The molecule has 1 aliphatic carbocycles. The van der Waals surface area contributed by atoms with Crippen molar-refractivity contribution in [1.82, 2.24) is 4.72 Å². The summed E-state index contributed by atoms with van der Waals surface area (Å²) in [5, 5.41) is 9.08. The van der Waals surface area contributed by atoms with Gasteiger partial charge in [0.1, 0.15) is 10.6 Å². The van der Waals surface area contributed by atoms with Crippen LogP contribution in [0.25, 0.3) is 0 Å². The van der Waals surface area contributed by atoms with Crippen molar-refractivity contribution in [3.05, 3.63) is 24.3 Å². The van der Waals surface area contributed by atoms with Crippen molar-refractivity contribution in [2.24, 2.45) is 0 Å². The summed E-state index contributed by atoms with van der Waals surface area (Å²) in [6.07, 6.45) is -4.12. The minimum Gasteiger partial charge on any atom is -0.404 e. The lowest BCUT2D eigenvalue weighted by molar-refractivity contribution is -0.275. The van der Waals surface area contributed by atoms with E-state index in [1.807, 2.05) is 0 Å². The van der Waals surface area contributed by atoms with Crippen LogP contribution in [0.3, 0.4) is 0 Å². The maximum absolute atomic E-state index is 12.2. The molecule has 1 aromatic rings. The molecule has 0 radical (unpaired) electrons. The number of ether oxygens (including phenoxy) is 1. The summed E-state index contributed by atoms with van der Waals surface area (Å²) >= 11 is 0. The third-order valence-electron chi connectivity index (χ3n) is 2.87. The van der Waals surface area contributed by atoms with Gasteiger partial charge in [0.05, 0.1) is 12.1 Å². The van der Waals surface area contributed by atoms with Gasteiger partial charge in [-0.1, -0.05) is 12.1 Å². The molecule has 20 heavy (non-hydrogen) atoms. The number of hydrogen-bond donors (Lipinski definition) is 2. The number of benzene rings is 1. The molecule has 1 aliphatic rings. The third-order valence-corrected chi connectivity index (χ3v) is 4.49. The van der Waals surface area contributed by atoms with Crippen molar-refractivity contribution < 1.29 is 31.4 Å². The van der Waals surface area contributed by atoms with Gasteiger partial charge >= 0.3 is 6.36 Å². The maximum Gasteiger partial charge on any atom is 0.573 e. The number of para-hydroxylation sites is 1. The lowest BCUT2D eigenvalue weighted by Crippen LogP contribution is -2.39. The van der Waals surface area contributed by atoms with E-state index in [4.69, 9.17) is 5.11 Å². The topological polar surface area (TPSA) is 75.6 Å². The molecule has 5 nitrogen and oxygen atoms in total. The summed E-state index contributed by atoms with van der Waals surface area (Å²) in [5.41, 5.74) is -0.968. The Bertz CT molecular complexity index is 596. The number of halogens is 3. The van der Waals surface area contributed by atoms with Crippen LogP contribution in [-0.2, 0) is 10.0 Å². The summed E-state index contributed by atoms with van der Waals surface area (Å²) in [5.74, 6) is -0.804. The number of aliphatic hydroxyl groups is 1. The maximum atomic E-state index is 12.2. The second-order valence-electron chi connectivity index (χ2n) is 4.54. The Hall–Kier alpha value is -1.32. The second-order valence-corrected chi connectivity index (χ2v) is 6.19. The minimum absolute atomic E-state index is 0.408. The largest absolute Gasteiger partial charge is 0.573 e. The normalized spacial score (nSPS) is 17.8. The molecule has 0 heterocycles. The number of sulfonamides is 1. The first-order chi connectivity index (χ1) is 9.18. The van der Waals surface area contributed by atoms with Crippen LogP contribution in [0, 0.1) is 0 Å². The number of hydrogen-bond acceptors (Lipinski definition) is 4. The summed E-state index contributed by atoms with van der Waals surface area (Å²) in [6.45, 7) is -0.408. The molecule has 0 amide bonds. The average molecular weight is 311 g/mol. The molecule has 0 aromatic heterocycles. The first kappa shape index (κ1) is 15.1. The van der Waals surface area contributed by atoms with Gasteiger partial charge in [-0.05, 0) is 25.0 Å². The van der Waals surface area contributed by atoms with Gasteiger partial charge in [0.25, 0.3) is 0 Å².